The molecular formula is C25H28FN5O2. The number of nitrogens with zero attached hydrogens (tertiary/aromatic N) is 4. The van der Waals surface area contributed by atoms with Crippen molar-refractivity contribution in [2.45, 2.75) is 27.7 Å². The van der Waals surface area contributed by atoms with Crippen LogP contribution in [0.15, 0.2) is 30.3 Å². The van der Waals surface area contributed by atoms with E-state index in [1.165, 1.54) is 12.1 Å². The zero-order valence-electron chi connectivity index (χ0n) is 19.4. The highest BCUT2D eigenvalue weighted by Gasteiger charge is 2.26. The van der Waals surface area contributed by atoms with Gasteiger partial charge in [-0.2, -0.15) is 0 Å². The summed E-state index contributed by atoms with van der Waals surface area (Å²) in [5.74, 6) is -0.855. The Morgan fingerprint density at radius 1 is 0.970 bits per heavy atom. The number of rotatable bonds is 4. The summed E-state index contributed by atoms with van der Waals surface area (Å²) in [4.78, 5) is 38.4. The molecule has 1 saturated heterocycles. The van der Waals surface area contributed by atoms with Gasteiger partial charge in [-0.3, -0.25) is 14.5 Å². The summed E-state index contributed by atoms with van der Waals surface area (Å²) >= 11 is 0. The molecule has 0 saturated carbocycles. The predicted molar refractivity (Wildman–Crippen MR) is 126 cm³/mol. The Labute approximate surface area is 192 Å². The molecule has 3 aromatic rings. The maximum absolute atomic E-state index is 14.2. The van der Waals surface area contributed by atoms with Crippen LogP contribution in [0.4, 0.5) is 10.1 Å². The first-order valence-corrected chi connectivity index (χ1v) is 11.0. The molecule has 1 N–H and O–H groups in total. The molecule has 0 unspecified atom stereocenters. The molecule has 0 atom stereocenters. The fourth-order valence-corrected chi connectivity index (χ4v) is 4.13. The third-order valence-corrected chi connectivity index (χ3v) is 6.15. The lowest BCUT2D eigenvalue weighted by Gasteiger charge is -2.34. The van der Waals surface area contributed by atoms with E-state index in [4.69, 9.17) is 0 Å². The van der Waals surface area contributed by atoms with E-state index in [0.29, 0.717) is 48.6 Å². The van der Waals surface area contributed by atoms with Crippen molar-refractivity contribution in [3.8, 4) is 0 Å². The van der Waals surface area contributed by atoms with Gasteiger partial charge in [0, 0.05) is 37.9 Å². The zero-order chi connectivity index (χ0) is 23.7. The Hall–Kier alpha value is -3.39. The first-order chi connectivity index (χ1) is 15.7. The Morgan fingerprint density at radius 2 is 1.61 bits per heavy atom. The lowest BCUT2D eigenvalue weighted by atomic mass is 10.1. The minimum Gasteiger partial charge on any atom is -0.336 e. The van der Waals surface area contributed by atoms with Gasteiger partial charge in [0.1, 0.15) is 11.3 Å². The molecule has 1 aromatic heterocycles. The Morgan fingerprint density at radius 3 is 2.27 bits per heavy atom. The van der Waals surface area contributed by atoms with Crippen molar-refractivity contribution in [2.75, 3.05) is 38.0 Å². The van der Waals surface area contributed by atoms with Crippen molar-refractivity contribution < 1.29 is 14.0 Å². The maximum Gasteiger partial charge on any atom is 0.256 e. The van der Waals surface area contributed by atoms with E-state index >= 15 is 0 Å². The Balaban J connectivity index is 1.41. The van der Waals surface area contributed by atoms with Gasteiger partial charge in [0.15, 0.2) is 0 Å². The average Bonchev–Trinajstić information content (AvgIpc) is 2.77. The number of nitrogens with one attached hydrogen (secondary N) is 1. The molecule has 0 spiro atoms. The highest BCUT2D eigenvalue weighted by atomic mass is 19.1. The van der Waals surface area contributed by atoms with Crippen LogP contribution in [-0.2, 0) is 4.79 Å². The standard InChI is InChI=1S/C25H28FN5O2/c1-15-6-5-7-16(2)23(15)29-22(32)14-30-8-10-31(11-9-30)25(33)20-12-19(26)13-21-24(20)28-18(4)17(3)27-21/h5-7,12-13H,8-11,14H2,1-4H3,(H,29,32). The van der Waals surface area contributed by atoms with Crippen LogP contribution >= 0.6 is 0 Å². The van der Waals surface area contributed by atoms with E-state index in [0.717, 1.165) is 16.8 Å². The number of carbonyl (C=O) groups excluding carboxylic acids is 2. The highest BCUT2D eigenvalue weighted by molar-refractivity contribution is 6.04. The normalized spacial score (nSPS) is 14.5. The summed E-state index contributed by atoms with van der Waals surface area (Å²) in [6.07, 6.45) is 0. The number of hydrogen-bond donors (Lipinski definition) is 1. The molecular weight excluding hydrogens is 421 g/mol. The molecule has 172 valence electrons. The number of carbonyl (C=O) groups is 2. The molecule has 1 aliphatic rings. The van der Waals surface area contributed by atoms with Gasteiger partial charge in [-0.05, 0) is 44.9 Å². The van der Waals surface area contributed by atoms with Crippen LogP contribution in [0.2, 0.25) is 0 Å². The van der Waals surface area contributed by atoms with Crippen molar-refractivity contribution in [1.29, 1.82) is 0 Å². The van der Waals surface area contributed by atoms with Crippen molar-refractivity contribution in [2.24, 2.45) is 0 Å². The van der Waals surface area contributed by atoms with Crippen LogP contribution in [0, 0.1) is 33.5 Å². The van der Waals surface area contributed by atoms with Crippen molar-refractivity contribution in [3.63, 3.8) is 0 Å². The molecule has 1 aliphatic heterocycles. The average molecular weight is 450 g/mol. The van der Waals surface area contributed by atoms with E-state index < -0.39 is 5.82 Å². The monoisotopic (exact) mass is 449 g/mol. The van der Waals surface area contributed by atoms with Gasteiger partial charge >= 0.3 is 0 Å². The van der Waals surface area contributed by atoms with E-state index in [2.05, 4.69) is 15.3 Å². The second-order valence-electron chi connectivity index (χ2n) is 8.60. The van der Waals surface area contributed by atoms with Crippen molar-refractivity contribution in [3.05, 3.63) is 64.2 Å². The number of halogens is 1. The van der Waals surface area contributed by atoms with Gasteiger partial charge in [0.2, 0.25) is 5.91 Å². The van der Waals surface area contributed by atoms with E-state index in [9.17, 15) is 14.0 Å². The topological polar surface area (TPSA) is 78.4 Å². The third-order valence-electron chi connectivity index (χ3n) is 6.15. The molecule has 8 heteroatoms. The molecule has 7 nitrogen and oxygen atoms in total. The fraction of sp³-hybridized carbons (Fsp3) is 0.360. The van der Waals surface area contributed by atoms with Gasteiger partial charge in [0.25, 0.3) is 5.91 Å². The second-order valence-corrected chi connectivity index (χ2v) is 8.60. The van der Waals surface area contributed by atoms with Crippen LogP contribution in [0.3, 0.4) is 0 Å². The summed E-state index contributed by atoms with van der Waals surface area (Å²) in [7, 11) is 0. The van der Waals surface area contributed by atoms with Crippen LogP contribution < -0.4 is 5.32 Å². The molecule has 33 heavy (non-hydrogen) atoms. The molecule has 0 bridgehead atoms. The van der Waals surface area contributed by atoms with E-state index in [1.807, 2.05) is 50.8 Å². The first-order valence-electron chi connectivity index (χ1n) is 11.0. The van der Waals surface area contributed by atoms with Crippen LogP contribution in [-0.4, -0.2) is 64.3 Å². The molecule has 1 fully saturated rings. The molecule has 2 heterocycles. The zero-order valence-corrected chi connectivity index (χ0v) is 19.4. The van der Waals surface area contributed by atoms with Crippen LogP contribution in [0.5, 0.6) is 0 Å². The summed E-state index contributed by atoms with van der Waals surface area (Å²) in [6, 6.07) is 8.44. The van der Waals surface area contributed by atoms with Gasteiger partial charge in [-0.15, -0.1) is 0 Å². The summed E-state index contributed by atoms with van der Waals surface area (Å²) in [5.41, 5.74) is 5.33. The van der Waals surface area contributed by atoms with E-state index in [1.54, 1.807) is 4.90 Å². The van der Waals surface area contributed by atoms with Gasteiger partial charge < -0.3 is 10.2 Å². The molecule has 2 aromatic carbocycles. The SMILES string of the molecule is Cc1cccc(C)c1NC(=O)CN1CCN(C(=O)c2cc(F)cc3nc(C)c(C)nc23)CC1. The minimum absolute atomic E-state index is 0.0792. The minimum atomic E-state index is -0.509. The number of benzene rings is 2. The summed E-state index contributed by atoms with van der Waals surface area (Å²) < 4.78 is 14.2. The number of anilines is 1. The van der Waals surface area contributed by atoms with Gasteiger partial charge in [-0.25, -0.2) is 14.4 Å². The number of amides is 2. The largest absolute Gasteiger partial charge is 0.336 e. The van der Waals surface area contributed by atoms with Crippen LogP contribution in [0.1, 0.15) is 32.9 Å². The first kappa shape index (κ1) is 22.8. The number of aromatic nitrogens is 2. The number of piperazine rings is 1. The van der Waals surface area contributed by atoms with Gasteiger partial charge in [-0.1, -0.05) is 18.2 Å². The predicted octanol–water partition coefficient (Wildman–Crippen LogP) is 3.40. The van der Waals surface area contributed by atoms with E-state index in [-0.39, 0.29) is 23.9 Å². The maximum atomic E-state index is 14.2. The smallest absolute Gasteiger partial charge is 0.256 e. The lowest BCUT2D eigenvalue weighted by Crippen LogP contribution is -2.50. The third kappa shape index (κ3) is 4.85. The Kier molecular flexibility index (Phi) is 6.37. The number of para-hydroxylation sites is 1. The number of fused-ring (bicyclic) bond motifs is 1. The lowest BCUT2D eigenvalue weighted by molar-refractivity contribution is -0.117. The summed E-state index contributed by atoms with van der Waals surface area (Å²) in [6.45, 7) is 9.84. The Bertz CT molecular complexity index is 1210. The molecule has 0 aliphatic carbocycles. The van der Waals surface area contributed by atoms with Gasteiger partial charge in [0.05, 0.1) is 29.0 Å². The molecule has 2 amide bonds. The summed E-state index contributed by atoms with van der Waals surface area (Å²) in [5, 5.41) is 3.00. The quantitative estimate of drug-likeness (QED) is 0.661. The molecule has 4 rings (SSSR count). The number of hydrogen-bond acceptors (Lipinski definition) is 5. The molecule has 0 radical (unpaired) electrons. The fourth-order valence-electron chi connectivity index (χ4n) is 4.13. The van der Waals surface area contributed by atoms with Crippen molar-refractivity contribution >= 4 is 28.5 Å². The highest BCUT2D eigenvalue weighted by Crippen LogP contribution is 2.22. The van der Waals surface area contributed by atoms with Crippen molar-refractivity contribution in [1.82, 2.24) is 19.8 Å². The van der Waals surface area contributed by atoms with Crippen LogP contribution in [0.25, 0.3) is 11.0 Å². The second kappa shape index (κ2) is 9.23. The number of aryl methyl sites for hydroxylation is 4.